The molecule has 30 nitrogen and oxygen atoms in total. The quantitative estimate of drug-likeness (QED) is 0.0224. The maximum absolute atomic E-state index is 11.7. The van der Waals surface area contributed by atoms with Gasteiger partial charge in [-0.25, -0.2) is 43.9 Å². The van der Waals surface area contributed by atoms with Gasteiger partial charge in [0.25, 0.3) is 11.8 Å². The van der Waals surface area contributed by atoms with Crippen molar-refractivity contribution in [3.8, 4) is 51.7 Å². The molecule has 0 radical (unpaired) electrons. The molecular formula is C64H68IKN12O18. The molecule has 13 N–H and O–H groups in total. The summed E-state index contributed by atoms with van der Waals surface area (Å²) in [5.74, 6) is 0.222. The van der Waals surface area contributed by atoms with Crippen molar-refractivity contribution in [2.24, 2.45) is 11.5 Å². The number of nitrogens with zero attached hydrogens (tertiary/aromatic N) is 4. The van der Waals surface area contributed by atoms with Gasteiger partial charge in [-0.05, 0) is 182 Å². The number of carbonyl (C=O) groups excluding carboxylic acids is 5. The number of carbonyl (C=O) groups is 5. The Morgan fingerprint density at radius 2 is 0.760 bits per heavy atom. The molecule has 0 saturated carbocycles. The Kier molecular flexibility index (Phi) is 28.5. The average Bonchev–Trinajstić information content (AvgIpc) is 1.70. The van der Waals surface area contributed by atoms with Crippen molar-refractivity contribution in [3.05, 3.63) is 182 Å². The van der Waals surface area contributed by atoms with E-state index in [1.165, 1.54) is 30.9 Å². The predicted molar refractivity (Wildman–Crippen MR) is 358 cm³/mol. The Morgan fingerprint density at radius 1 is 0.469 bits per heavy atom. The molecule has 0 spiro atoms. The van der Waals surface area contributed by atoms with Crippen LogP contribution in [0.5, 0.6) is 51.7 Å². The summed E-state index contributed by atoms with van der Waals surface area (Å²) in [4.78, 5) is 101. The maximum Gasteiger partial charge on any atom is 1.00 e. The van der Waals surface area contributed by atoms with Crippen LogP contribution in [0.2, 0.25) is 0 Å². The van der Waals surface area contributed by atoms with Gasteiger partial charge in [-0.2, -0.15) is 0 Å². The Morgan fingerprint density at radius 3 is 1.10 bits per heavy atom. The van der Waals surface area contributed by atoms with Crippen LogP contribution in [0.1, 0.15) is 90.7 Å². The zero-order chi connectivity index (χ0) is 67.8. The number of nitrogens with one attached hydrogen (secondary N) is 5. The first-order chi connectivity index (χ1) is 43.8. The van der Waals surface area contributed by atoms with Gasteiger partial charge >= 0.3 is 81.2 Å². The number of halogens is 1. The van der Waals surface area contributed by atoms with Crippen molar-refractivity contribution in [3.63, 3.8) is 0 Å². The van der Waals surface area contributed by atoms with Gasteiger partial charge in [-0.15, -0.1) is 0 Å². The molecule has 6 aromatic heterocycles. The Bertz CT molecular complexity index is 4260. The SMILES string of the molecule is C.CC(C)(C)OC(=O)Nc1ccc(Oc2ccnc(C(N)=O)c2I)cc1.CC(C)(C)OC(=O)Nc1ccc(Oc2ccnc(C(N)=O)c2O)cc1.CC(C)(C)OC(=O)Nc1ccc(Oc2ccnc3[nH]c(=O)oc23)cc1.Nc1ccc(Oc2ccnc3[nH]c(=O)oc23)cc1.[K+].[OH-]. The number of hydrogen-bond acceptors (Lipinski definition) is 23. The molecule has 0 unspecified atom stereocenters. The number of nitrogen functional groups attached to an aromatic ring is 1. The summed E-state index contributed by atoms with van der Waals surface area (Å²) in [6.07, 6.45) is 4.15. The third-order valence-corrected chi connectivity index (χ3v) is 12.1. The van der Waals surface area contributed by atoms with E-state index in [1.807, 2.05) is 22.6 Å². The number of primary amides is 2. The van der Waals surface area contributed by atoms with E-state index in [4.69, 9.17) is 59.2 Å². The van der Waals surface area contributed by atoms with E-state index in [0.29, 0.717) is 83.4 Å². The molecule has 500 valence electrons. The number of oxazole rings is 2. The molecule has 5 amide bonds. The first-order valence-electron chi connectivity index (χ1n) is 27.6. The number of fused-ring (bicyclic) bond motifs is 2. The van der Waals surface area contributed by atoms with Gasteiger partial charge < -0.3 is 69.8 Å². The second kappa shape index (κ2) is 34.9. The van der Waals surface area contributed by atoms with Crippen molar-refractivity contribution < 1.29 is 128 Å². The largest absolute Gasteiger partial charge is 1.00 e. The van der Waals surface area contributed by atoms with E-state index >= 15 is 0 Å². The predicted octanol–water partition coefficient (Wildman–Crippen LogP) is 9.96. The topological polar surface area (TPSA) is 458 Å². The molecule has 0 atom stereocenters. The third kappa shape index (κ3) is 24.7. The standard InChI is InChI=1S/C17H18IN3O4.C17H17N3O5.C17H19N3O5.C12H9N3O3.CH4.K.H2O/c1-17(2,3)25-16(23)21-10-4-6-11(7-5-10)24-12-8-9-20-14(13(12)18)15(19)22;1-17(2,3)25-16(22)19-10-4-6-11(7-5-10)23-12-8-9-18-14-13(12)24-15(21)20-14;1-17(2,3)25-16(23)20-10-4-6-11(7-5-10)24-12-8-9-19-13(14(12)21)15(18)22;13-7-1-3-8(4-2-7)17-9-5-6-14-11-10(9)18-12(16)15-11;;;/h4-9H,1-3H3,(H2,19,22)(H,21,23);4-9H,1-3H3,(H,19,22)(H,18,20,21);4-9,21H,1-3H3,(H2,18,22)(H,20,23);1-6H,13H2,(H,14,15,16);1H4;;1H2/q;;;;;+1;/p-1. The number of hydrogen-bond donors (Lipinski definition) is 9. The van der Waals surface area contributed by atoms with Crippen molar-refractivity contribution in [2.45, 2.75) is 86.5 Å². The number of aromatic amines is 2. The molecule has 0 aliphatic rings. The van der Waals surface area contributed by atoms with Crippen LogP contribution >= 0.6 is 22.6 Å². The van der Waals surface area contributed by atoms with E-state index in [0.717, 1.165) is 0 Å². The molecule has 6 heterocycles. The number of pyridine rings is 4. The zero-order valence-electron chi connectivity index (χ0n) is 52.7. The summed E-state index contributed by atoms with van der Waals surface area (Å²) in [6.45, 7) is 16.1. The second-order valence-corrected chi connectivity index (χ2v) is 23.2. The van der Waals surface area contributed by atoms with Crippen LogP contribution in [0.25, 0.3) is 22.5 Å². The van der Waals surface area contributed by atoms with E-state index in [9.17, 15) is 38.7 Å². The summed E-state index contributed by atoms with van der Waals surface area (Å²) in [6, 6.07) is 32.9. The number of aromatic nitrogens is 6. The fourth-order valence-electron chi connectivity index (χ4n) is 7.33. The summed E-state index contributed by atoms with van der Waals surface area (Å²) in [5.41, 5.74) is 17.6. The molecule has 0 aliphatic heterocycles. The van der Waals surface area contributed by atoms with E-state index < -0.39 is 64.2 Å². The molecule has 32 heteroatoms. The minimum atomic E-state index is -0.861. The zero-order valence-corrected chi connectivity index (χ0v) is 58.0. The van der Waals surface area contributed by atoms with Crippen molar-refractivity contribution in [1.29, 1.82) is 0 Å². The smallest absolute Gasteiger partial charge is 0.870 e. The number of aromatic hydroxyl groups is 1. The first-order valence-corrected chi connectivity index (χ1v) is 28.7. The molecule has 10 rings (SSSR count). The first kappa shape index (κ1) is 78.3. The summed E-state index contributed by atoms with van der Waals surface area (Å²) < 4.78 is 48.6. The average molecular weight is 1460 g/mol. The molecule has 0 aliphatic carbocycles. The van der Waals surface area contributed by atoms with Crippen LogP contribution in [-0.4, -0.2) is 87.4 Å². The van der Waals surface area contributed by atoms with Gasteiger partial charge in [-0.3, -0.25) is 35.5 Å². The van der Waals surface area contributed by atoms with E-state index in [1.54, 1.807) is 178 Å². The van der Waals surface area contributed by atoms with Crippen LogP contribution in [-0.2, 0) is 14.2 Å². The van der Waals surface area contributed by atoms with Crippen LogP contribution < -0.4 is 115 Å². The normalized spacial score (nSPS) is 10.6. The molecule has 96 heavy (non-hydrogen) atoms. The van der Waals surface area contributed by atoms with E-state index in [2.05, 4.69) is 45.9 Å². The van der Waals surface area contributed by atoms with Crippen molar-refractivity contribution in [2.75, 3.05) is 21.7 Å². The van der Waals surface area contributed by atoms with Crippen LogP contribution in [0.3, 0.4) is 0 Å². The number of ether oxygens (including phenoxy) is 7. The monoisotopic (exact) mass is 1460 g/mol. The van der Waals surface area contributed by atoms with Gasteiger partial charge in [0.05, 0.1) is 3.57 Å². The molecule has 0 saturated heterocycles. The van der Waals surface area contributed by atoms with Crippen LogP contribution in [0, 0.1) is 3.57 Å². The fourth-order valence-corrected chi connectivity index (χ4v) is 8.02. The van der Waals surface area contributed by atoms with Gasteiger partial charge in [0.2, 0.25) is 11.2 Å². The molecule has 0 fully saturated rings. The number of amides is 5. The Balaban J connectivity index is 0.000000271. The number of nitrogens with two attached hydrogens (primary N) is 3. The molecular weight excluding hydrogens is 1390 g/mol. The minimum absolute atomic E-state index is 0. The molecule has 0 bridgehead atoms. The minimum Gasteiger partial charge on any atom is -0.870 e. The van der Waals surface area contributed by atoms with Gasteiger partial charge in [0.15, 0.2) is 40.0 Å². The van der Waals surface area contributed by atoms with Crippen molar-refractivity contribution >= 4 is 97.9 Å². The summed E-state index contributed by atoms with van der Waals surface area (Å²) in [5, 5.41) is 17.8. The number of H-pyrrole nitrogens is 2. The molecule has 4 aromatic carbocycles. The number of benzene rings is 4. The molecule has 10 aromatic rings. The fraction of sp³-hybridized carbons (Fsp3) is 0.203. The van der Waals surface area contributed by atoms with Crippen molar-refractivity contribution in [1.82, 2.24) is 29.9 Å². The maximum atomic E-state index is 11.7. The Hall–Kier alpha value is -10.1. The van der Waals surface area contributed by atoms with E-state index in [-0.39, 0.29) is 87.0 Å². The number of rotatable bonds is 13. The van der Waals surface area contributed by atoms with Gasteiger partial charge in [0, 0.05) is 71.8 Å². The Labute approximate surface area is 604 Å². The van der Waals surface area contributed by atoms with Crippen LogP contribution in [0.15, 0.2) is 165 Å². The third-order valence-electron chi connectivity index (χ3n) is 11.1. The van der Waals surface area contributed by atoms with Gasteiger partial charge in [0.1, 0.15) is 51.2 Å². The number of anilines is 4. The second-order valence-electron chi connectivity index (χ2n) is 22.1. The van der Waals surface area contributed by atoms with Crippen LogP contribution in [0.4, 0.5) is 37.1 Å². The summed E-state index contributed by atoms with van der Waals surface area (Å²) >= 11 is 1.96. The summed E-state index contributed by atoms with van der Waals surface area (Å²) in [7, 11) is 0. The van der Waals surface area contributed by atoms with Gasteiger partial charge in [-0.1, -0.05) is 7.43 Å².